The fourth-order valence-corrected chi connectivity index (χ4v) is 1.31. The average molecular weight is 198 g/mol. The van der Waals surface area contributed by atoms with E-state index < -0.39 is 5.97 Å². The van der Waals surface area contributed by atoms with E-state index in [9.17, 15) is 4.79 Å². The van der Waals surface area contributed by atoms with Crippen molar-refractivity contribution in [2.75, 3.05) is 7.11 Å². The van der Waals surface area contributed by atoms with E-state index in [0.717, 1.165) is 5.46 Å². The lowest BCUT2D eigenvalue weighted by molar-refractivity contribution is 0.0697. The van der Waals surface area contributed by atoms with Gasteiger partial charge in [0, 0.05) is 0 Å². The number of hydrogen-bond donors (Lipinski definition) is 1. The van der Waals surface area contributed by atoms with Crippen molar-refractivity contribution in [3.63, 3.8) is 0 Å². The molecule has 0 bridgehead atoms. The van der Waals surface area contributed by atoms with Crippen LogP contribution in [0.3, 0.4) is 0 Å². The highest BCUT2D eigenvalue weighted by atomic mass is 35.5. The van der Waals surface area contributed by atoms with E-state index in [4.69, 9.17) is 21.4 Å². The molecule has 0 aliphatic heterocycles. The summed E-state index contributed by atoms with van der Waals surface area (Å²) in [5, 5.41) is 8.91. The Kier molecular flexibility index (Phi) is 2.83. The Morgan fingerprint density at radius 2 is 2.23 bits per heavy atom. The molecule has 0 heterocycles. The van der Waals surface area contributed by atoms with Crippen molar-refractivity contribution in [3.05, 3.63) is 22.7 Å². The number of halogens is 1. The summed E-state index contributed by atoms with van der Waals surface area (Å²) >= 11 is 5.77. The van der Waals surface area contributed by atoms with Gasteiger partial charge in [0.05, 0.1) is 17.7 Å². The molecule has 3 nitrogen and oxygen atoms in total. The summed E-state index contributed by atoms with van der Waals surface area (Å²) in [6, 6.07) is 3.20. The quantitative estimate of drug-likeness (QED) is 0.696. The van der Waals surface area contributed by atoms with Crippen molar-refractivity contribution in [2.24, 2.45) is 0 Å². The van der Waals surface area contributed by atoms with Crippen LogP contribution in [0, 0.1) is 0 Å². The molecule has 1 N–H and O–H groups in total. The standard InChI is InChI=1S/C8H8BClO3/c1-13-6-3-4(9)2-5(7(6)10)8(11)12/h2-3H,9H2,1H3,(H,11,12). The number of carboxylic acids is 1. The summed E-state index contributed by atoms with van der Waals surface area (Å²) in [4.78, 5) is 10.7. The molecule has 1 aromatic rings. The Morgan fingerprint density at radius 1 is 1.62 bits per heavy atom. The van der Waals surface area contributed by atoms with Gasteiger partial charge in [-0.25, -0.2) is 4.79 Å². The van der Waals surface area contributed by atoms with Crippen LogP contribution in [0.4, 0.5) is 0 Å². The minimum Gasteiger partial charge on any atom is -0.495 e. The number of aromatic carboxylic acids is 1. The SMILES string of the molecule is Bc1cc(OC)c(Cl)c(C(=O)O)c1. The fraction of sp³-hybridized carbons (Fsp3) is 0.125. The highest BCUT2D eigenvalue weighted by Gasteiger charge is 2.13. The zero-order valence-electron chi connectivity index (χ0n) is 7.30. The molecule has 1 rings (SSSR count). The fourth-order valence-electron chi connectivity index (χ4n) is 1.04. The molecule has 0 fully saturated rings. The zero-order valence-corrected chi connectivity index (χ0v) is 8.05. The summed E-state index contributed by atoms with van der Waals surface area (Å²) in [6.45, 7) is 0. The number of rotatable bonds is 2. The smallest absolute Gasteiger partial charge is 0.337 e. The second kappa shape index (κ2) is 3.70. The molecule has 68 valence electrons. The summed E-state index contributed by atoms with van der Waals surface area (Å²) in [6.07, 6.45) is 0. The van der Waals surface area contributed by atoms with E-state index in [0.29, 0.717) is 5.75 Å². The van der Waals surface area contributed by atoms with Gasteiger partial charge in [0.25, 0.3) is 0 Å². The molecule has 0 unspecified atom stereocenters. The summed E-state index contributed by atoms with van der Waals surface area (Å²) in [7, 11) is 3.23. The van der Waals surface area contributed by atoms with E-state index in [1.807, 2.05) is 0 Å². The van der Waals surface area contributed by atoms with Gasteiger partial charge in [0.1, 0.15) is 13.6 Å². The third-order valence-electron chi connectivity index (χ3n) is 1.63. The van der Waals surface area contributed by atoms with Gasteiger partial charge in [-0.3, -0.25) is 0 Å². The Labute approximate surface area is 81.7 Å². The highest BCUT2D eigenvalue weighted by molar-refractivity contribution is 6.38. The normalized spacial score (nSPS) is 9.69. The Bertz CT molecular complexity index is 351. The third-order valence-corrected chi connectivity index (χ3v) is 2.02. The van der Waals surface area contributed by atoms with Crippen LogP contribution in [0.1, 0.15) is 10.4 Å². The third kappa shape index (κ3) is 1.95. The topological polar surface area (TPSA) is 46.5 Å². The molecule has 0 amide bonds. The maximum absolute atomic E-state index is 10.7. The second-order valence-corrected chi connectivity index (χ2v) is 3.01. The van der Waals surface area contributed by atoms with Gasteiger partial charge in [0.2, 0.25) is 0 Å². The first kappa shape index (κ1) is 9.93. The zero-order chi connectivity index (χ0) is 10.0. The highest BCUT2D eigenvalue weighted by Crippen LogP contribution is 2.26. The Hall–Kier alpha value is -1.16. The lowest BCUT2D eigenvalue weighted by atomic mass is 9.94. The van der Waals surface area contributed by atoms with Crippen molar-refractivity contribution in [3.8, 4) is 5.75 Å². The van der Waals surface area contributed by atoms with Crippen molar-refractivity contribution < 1.29 is 14.6 Å². The van der Waals surface area contributed by atoms with Crippen molar-refractivity contribution in [2.45, 2.75) is 0 Å². The minimum absolute atomic E-state index is 0.0681. The molecule has 0 atom stereocenters. The first-order valence-corrected chi connectivity index (χ1v) is 4.01. The van der Waals surface area contributed by atoms with Crippen LogP contribution in [0.5, 0.6) is 5.75 Å². The molecule has 5 heteroatoms. The molecule has 0 aromatic heterocycles. The maximum Gasteiger partial charge on any atom is 0.337 e. The minimum atomic E-state index is -1.05. The summed E-state index contributed by atoms with van der Waals surface area (Å²) in [5.74, 6) is -0.661. The summed E-state index contributed by atoms with van der Waals surface area (Å²) in [5.41, 5.74) is 0.872. The molecule has 0 aliphatic carbocycles. The molecule has 1 aromatic carbocycles. The molecular formula is C8H8BClO3. The van der Waals surface area contributed by atoms with Crippen LogP contribution in [0.25, 0.3) is 0 Å². The van der Waals surface area contributed by atoms with E-state index in [1.165, 1.54) is 13.2 Å². The average Bonchev–Trinajstić information content (AvgIpc) is 2.08. The molecule has 13 heavy (non-hydrogen) atoms. The number of carboxylic acid groups (broad SMARTS) is 1. The lowest BCUT2D eigenvalue weighted by Gasteiger charge is -2.06. The molecule has 0 aliphatic rings. The second-order valence-electron chi connectivity index (χ2n) is 2.63. The van der Waals surface area contributed by atoms with Crippen LogP contribution in [0.2, 0.25) is 5.02 Å². The molecular weight excluding hydrogens is 190 g/mol. The van der Waals surface area contributed by atoms with Crippen molar-refractivity contribution in [1.82, 2.24) is 0 Å². The number of ether oxygens (including phenoxy) is 1. The van der Waals surface area contributed by atoms with Crippen LogP contribution >= 0.6 is 11.6 Å². The number of hydrogen-bond acceptors (Lipinski definition) is 2. The van der Waals surface area contributed by atoms with E-state index >= 15 is 0 Å². The van der Waals surface area contributed by atoms with Gasteiger partial charge in [-0.2, -0.15) is 0 Å². The van der Waals surface area contributed by atoms with Gasteiger partial charge >= 0.3 is 5.97 Å². The van der Waals surface area contributed by atoms with E-state index in [-0.39, 0.29) is 10.6 Å². The van der Waals surface area contributed by atoms with Crippen molar-refractivity contribution in [1.29, 1.82) is 0 Å². The maximum atomic E-state index is 10.7. The number of benzene rings is 1. The van der Waals surface area contributed by atoms with Gasteiger partial charge < -0.3 is 9.84 Å². The summed E-state index contributed by atoms with van der Waals surface area (Å²) < 4.78 is 4.92. The van der Waals surface area contributed by atoms with Gasteiger partial charge in [-0.1, -0.05) is 23.1 Å². The molecule has 0 saturated heterocycles. The van der Waals surface area contributed by atoms with Crippen LogP contribution in [0.15, 0.2) is 12.1 Å². The van der Waals surface area contributed by atoms with Crippen molar-refractivity contribution >= 4 is 30.9 Å². The monoisotopic (exact) mass is 198 g/mol. The van der Waals surface area contributed by atoms with E-state index in [2.05, 4.69) is 0 Å². The largest absolute Gasteiger partial charge is 0.495 e. The lowest BCUT2D eigenvalue weighted by Crippen LogP contribution is -2.09. The van der Waals surface area contributed by atoms with E-state index in [1.54, 1.807) is 13.9 Å². The molecule has 0 spiro atoms. The van der Waals surface area contributed by atoms with Crippen LogP contribution < -0.4 is 10.2 Å². The van der Waals surface area contributed by atoms with Gasteiger partial charge in [-0.15, -0.1) is 0 Å². The van der Waals surface area contributed by atoms with Crippen LogP contribution in [-0.4, -0.2) is 26.0 Å². The predicted octanol–water partition coefficient (Wildman–Crippen LogP) is 0.305. The first-order valence-electron chi connectivity index (χ1n) is 3.63. The molecule has 0 radical (unpaired) electrons. The number of carbonyl (C=O) groups is 1. The molecule has 0 saturated carbocycles. The Balaban J connectivity index is 3.35. The Morgan fingerprint density at radius 3 is 2.69 bits per heavy atom. The van der Waals surface area contributed by atoms with Crippen LogP contribution in [-0.2, 0) is 0 Å². The van der Waals surface area contributed by atoms with Gasteiger partial charge in [-0.05, 0) is 6.07 Å². The number of methoxy groups -OCH3 is 1. The predicted molar refractivity (Wildman–Crippen MR) is 53.1 cm³/mol. The first-order chi connectivity index (χ1) is 6.06. The van der Waals surface area contributed by atoms with Gasteiger partial charge in [0.15, 0.2) is 0 Å².